The first kappa shape index (κ1) is 47.4. The zero-order valence-electron chi connectivity index (χ0n) is 53.8. The molecule has 12 rings (SSSR count). The summed E-state index contributed by atoms with van der Waals surface area (Å²) in [6.45, 7) is 26.8. The Kier molecular flexibility index (Phi) is 11.9. The van der Waals surface area contributed by atoms with E-state index in [-0.39, 0.29) is 46.0 Å². The van der Waals surface area contributed by atoms with Crippen LogP contribution in [0.1, 0.15) is 103 Å². The molecule has 0 N–H and O–H groups in total. The number of hydrogen-bond donors (Lipinski definition) is 0. The van der Waals surface area contributed by atoms with E-state index in [9.17, 15) is 2.74 Å². The molecule has 81 heavy (non-hydrogen) atoms. The van der Waals surface area contributed by atoms with Gasteiger partial charge in [0.25, 0.3) is 0 Å². The van der Waals surface area contributed by atoms with Crippen LogP contribution < -0.4 is 40.2 Å². The van der Waals surface area contributed by atoms with Gasteiger partial charge in [0.2, 0.25) is 0 Å². The summed E-state index contributed by atoms with van der Waals surface area (Å²) in [7, 11) is -2.99. The lowest BCUT2D eigenvalue weighted by molar-refractivity contribution is 0.483. The number of nitrogens with zero attached hydrogens (tertiary/aromatic N) is 4. The van der Waals surface area contributed by atoms with Gasteiger partial charge in [-0.25, -0.2) is 4.98 Å². The normalized spacial score (nSPS) is 14.8. The van der Waals surface area contributed by atoms with Crippen molar-refractivity contribution >= 4 is 68.8 Å². The van der Waals surface area contributed by atoms with Crippen molar-refractivity contribution in [1.82, 2.24) is 4.98 Å². The molecule has 0 atom stereocenters. The lowest BCUT2D eigenvalue weighted by Crippen LogP contribution is -2.77. The first-order valence-corrected chi connectivity index (χ1v) is 30.3. The molecule has 3 heterocycles. The number of pyridine rings is 1. The second-order valence-electron chi connectivity index (χ2n) is 25.0. The smallest absolute Gasteiger partial charge is 0.184 e. The van der Waals surface area contributed by atoms with E-state index >= 15 is 0 Å². The van der Waals surface area contributed by atoms with Gasteiger partial charge in [0.1, 0.15) is 24.0 Å². The van der Waals surface area contributed by atoms with Crippen LogP contribution in [-0.2, 0) is 16.2 Å². The first-order chi connectivity index (χ1) is 40.9. The number of fused-ring (bicyclic) bond motifs is 3. The maximum atomic E-state index is 9.55. The minimum atomic E-state index is -2.99. The van der Waals surface area contributed by atoms with E-state index in [4.69, 9.17) is 13.8 Å². The van der Waals surface area contributed by atoms with Crippen LogP contribution >= 0.6 is 0 Å². The van der Waals surface area contributed by atoms with Crippen LogP contribution in [0.15, 0.2) is 218 Å². The van der Waals surface area contributed by atoms with Crippen LogP contribution in [0.25, 0.3) is 22.3 Å². The SMILES string of the molecule is [2H]c1c([2H])c([2H])c(-c2c(C)c(C)c(C)c(-c3cc(C(C)(C)C)cc(C(C)(C)C)c3)c2N2CN(c3cccc(Oc4ccc5c(c4)N(c4cc(C(C)(C)C)ccn4)c4ccccc4[Si]5(c4ccccc4)c4ccccc4)c3)c3ccccc32)c([2H])c1[2H]. The number of hydrogen-bond acceptors (Lipinski definition) is 5. The van der Waals surface area contributed by atoms with Crippen molar-refractivity contribution in [3.05, 3.63) is 252 Å². The number of aromatic nitrogens is 1. The Morgan fingerprint density at radius 1 is 0.457 bits per heavy atom. The highest BCUT2D eigenvalue weighted by atomic mass is 28.3. The highest BCUT2D eigenvalue weighted by Crippen LogP contribution is 2.54. The molecule has 9 aromatic carbocycles. The van der Waals surface area contributed by atoms with Gasteiger partial charge < -0.3 is 14.5 Å². The third-order valence-corrected chi connectivity index (χ3v) is 21.7. The molecule has 1 aromatic heterocycles. The van der Waals surface area contributed by atoms with Crippen molar-refractivity contribution in [1.29, 1.82) is 0 Å². The second kappa shape index (κ2) is 20.3. The van der Waals surface area contributed by atoms with Crippen molar-refractivity contribution < 1.29 is 11.6 Å². The molecular formula is C75H74N4OSi. The number of rotatable bonds is 9. The van der Waals surface area contributed by atoms with E-state index in [0.29, 0.717) is 23.7 Å². The summed E-state index contributed by atoms with van der Waals surface area (Å²) in [5.74, 6) is 2.16. The molecule has 6 heteroatoms. The average Bonchev–Trinajstić information content (AvgIpc) is 0.741. The summed E-state index contributed by atoms with van der Waals surface area (Å²) in [6.07, 6.45) is 1.93. The summed E-state index contributed by atoms with van der Waals surface area (Å²) in [5, 5.41) is 5.09. The van der Waals surface area contributed by atoms with Crippen LogP contribution in [-0.4, -0.2) is 19.7 Å². The van der Waals surface area contributed by atoms with Gasteiger partial charge in [-0.1, -0.05) is 214 Å². The predicted molar refractivity (Wildman–Crippen MR) is 346 cm³/mol. The topological polar surface area (TPSA) is 31.8 Å². The highest BCUT2D eigenvalue weighted by Gasteiger charge is 2.49. The van der Waals surface area contributed by atoms with Gasteiger partial charge in [-0.3, -0.25) is 4.90 Å². The van der Waals surface area contributed by atoms with Crippen molar-refractivity contribution in [2.24, 2.45) is 0 Å². The van der Waals surface area contributed by atoms with E-state index in [2.05, 4.69) is 255 Å². The monoisotopic (exact) mass is 1080 g/mol. The molecule has 0 unspecified atom stereocenters. The van der Waals surface area contributed by atoms with Gasteiger partial charge in [-0.15, -0.1) is 0 Å². The largest absolute Gasteiger partial charge is 0.457 e. The number of ether oxygens (including phenoxy) is 1. The van der Waals surface area contributed by atoms with Crippen LogP contribution in [0.3, 0.4) is 0 Å². The minimum absolute atomic E-state index is 0.119. The molecule has 0 saturated carbocycles. The van der Waals surface area contributed by atoms with Gasteiger partial charge >= 0.3 is 0 Å². The van der Waals surface area contributed by atoms with Gasteiger partial charge in [0.05, 0.1) is 29.6 Å². The van der Waals surface area contributed by atoms with Gasteiger partial charge in [-0.05, 0) is 151 Å². The Morgan fingerprint density at radius 2 is 1.00 bits per heavy atom. The van der Waals surface area contributed by atoms with Gasteiger partial charge in [-0.2, -0.15) is 0 Å². The van der Waals surface area contributed by atoms with Crippen LogP contribution in [0.5, 0.6) is 11.5 Å². The third kappa shape index (κ3) is 9.33. The molecule has 10 aromatic rings. The summed E-state index contributed by atoms with van der Waals surface area (Å²) >= 11 is 0. The predicted octanol–water partition coefficient (Wildman–Crippen LogP) is 17.4. The van der Waals surface area contributed by atoms with E-state index in [1.165, 1.54) is 37.4 Å². The van der Waals surface area contributed by atoms with Crippen LogP contribution in [0, 0.1) is 20.8 Å². The molecule has 5 nitrogen and oxygen atoms in total. The minimum Gasteiger partial charge on any atom is -0.457 e. The lowest BCUT2D eigenvalue weighted by atomic mass is 9.77. The molecule has 0 saturated heterocycles. The Bertz CT molecular complexity index is 4220. The maximum Gasteiger partial charge on any atom is 0.184 e. The lowest BCUT2D eigenvalue weighted by Gasteiger charge is -2.44. The van der Waals surface area contributed by atoms with Crippen molar-refractivity contribution in [3.63, 3.8) is 0 Å². The first-order valence-electron chi connectivity index (χ1n) is 30.8. The number of benzene rings is 9. The van der Waals surface area contributed by atoms with E-state index in [1.54, 1.807) is 0 Å². The molecule has 0 bridgehead atoms. The van der Waals surface area contributed by atoms with Gasteiger partial charge in [0, 0.05) is 40.8 Å². The van der Waals surface area contributed by atoms with E-state index in [0.717, 1.165) is 67.8 Å². The van der Waals surface area contributed by atoms with E-state index in [1.807, 2.05) is 31.3 Å². The van der Waals surface area contributed by atoms with Gasteiger partial charge in [0.15, 0.2) is 8.07 Å². The fourth-order valence-electron chi connectivity index (χ4n) is 12.3. The van der Waals surface area contributed by atoms with Crippen LogP contribution in [0.4, 0.5) is 39.9 Å². The number of para-hydroxylation sites is 3. The molecule has 0 fully saturated rings. The Labute approximate surface area is 489 Å². The zero-order valence-corrected chi connectivity index (χ0v) is 49.8. The van der Waals surface area contributed by atoms with Crippen molar-refractivity contribution in [2.75, 3.05) is 21.4 Å². The summed E-state index contributed by atoms with van der Waals surface area (Å²) < 4.78 is 52.9. The molecule has 0 aliphatic carbocycles. The van der Waals surface area contributed by atoms with E-state index < -0.39 is 14.1 Å². The van der Waals surface area contributed by atoms with Crippen LogP contribution in [0.2, 0.25) is 0 Å². The summed E-state index contributed by atoms with van der Waals surface area (Å²) in [4.78, 5) is 12.1. The molecule has 0 amide bonds. The fraction of sp³-hybridized carbons (Fsp3) is 0.213. The second-order valence-corrected chi connectivity index (χ2v) is 28.8. The molecule has 0 radical (unpaired) electrons. The quantitative estimate of drug-likeness (QED) is 0.135. The average molecular weight is 1080 g/mol. The van der Waals surface area contributed by atoms with Crippen molar-refractivity contribution in [3.8, 4) is 33.8 Å². The summed E-state index contributed by atoms with van der Waals surface area (Å²) in [5.41, 5.74) is 14.4. The maximum absolute atomic E-state index is 9.55. The zero-order chi connectivity index (χ0) is 60.9. The standard InChI is InChI=1S/C75H74N4OSi/c1-50-51(2)70(53-27-16-13-17-28-53)72(71(52(50)3)54-43-56(74(7,8)9)45-57(44-54)75(10,11)12)78-49-77(63-35-22-23-36-64(63)78)58-29-26-30-59(47-58)80-60-39-40-68-66(48-60)79(69-46-55(41-42-76-69)73(4,5)6)65-37-24-25-38-67(65)81(68,61-31-18-14-19-32-61)62-33-20-15-21-34-62/h13-48H,49H2,1-12H3/i13D,16D,17D,27D,28D. The number of anilines is 7. The molecular weight excluding hydrogens is 1000 g/mol. The van der Waals surface area contributed by atoms with Crippen molar-refractivity contribution in [2.45, 2.75) is 99.3 Å². The molecule has 2 aliphatic rings. The highest BCUT2D eigenvalue weighted by molar-refractivity contribution is 7.21. The molecule has 404 valence electrons. The third-order valence-electron chi connectivity index (χ3n) is 16.9. The summed E-state index contributed by atoms with van der Waals surface area (Å²) in [6, 6.07) is 63.8. The Morgan fingerprint density at radius 3 is 1.62 bits per heavy atom. The molecule has 0 spiro atoms. The fourth-order valence-corrected chi connectivity index (χ4v) is 17.4. The Balaban J connectivity index is 1.03. The Hall–Kier alpha value is -8.45. The molecule has 2 aliphatic heterocycles.